The monoisotopic (exact) mass is 151 g/mol. The van der Waals surface area contributed by atoms with Crippen LogP contribution in [0.5, 0.6) is 0 Å². The summed E-state index contributed by atoms with van der Waals surface area (Å²) in [6, 6.07) is 7.44. The Hall–Kier alpha value is -0.630. The minimum atomic E-state index is -0.277. The molecule has 0 amide bonds. The van der Waals surface area contributed by atoms with Crippen molar-refractivity contribution in [2.45, 2.75) is 5.25 Å². The summed E-state index contributed by atoms with van der Waals surface area (Å²) in [6.07, 6.45) is 0. The molecular formula is C8H9NS. The quantitative estimate of drug-likeness (QED) is 0.465. The van der Waals surface area contributed by atoms with Crippen molar-refractivity contribution in [3.63, 3.8) is 0 Å². The number of benzene rings is 1. The van der Waals surface area contributed by atoms with E-state index < -0.39 is 0 Å². The van der Waals surface area contributed by atoms with E-state index in [-0.39, 0.29) is 5.25 Å². The minimum absolute atomic E-state index is 0.277. The molecule has 0 fully saturated rings. The summed E-state index contributed by atoms with van der Waals surface area (Å²) >= 11 is 4.06. The van der Waals surface area contributed by atoms with E-state index in [1.807, 2.05) is 24.3 Å². The van der Waals surface area contributed by atoms with Gasteiger partial charge in [-0.15, -0.1) is 0 Å². The first-order chi connectivity index (χ1) is 4.72. The van der Waals surface area contributed by atoms with E-state index >= 15 is 0 Å². The number of rotatable bonds is 1. The van der Waals surface area contributed by atoms with Crippen molar-refractivity contribution in [1.82, 2.24) is 0 Å². The van der Waals surface area contributed by atoms with E-state index in [9.17, 15) is 0 Å². The molecule has 1 aromatic carbocycles. The Kier molecular flexibility index (Phi) is 2.22. The van der Waals surface area contributed by atoms with Crippen LogP contribution in [0, 0.1) is 6.92 Å². The molecule has 1 unspecified atom stereocenters. The minimum Gasteiger partial charge on any atom is -0.398 e. The van der Waals surface area contributed by atoms with Crippen molar-refractivity contribution >= 4 is 18.3 Å². The maximum absolute atomic E-state index is 5.59. The van der Waals surface area contributed by atoms with Gasteiger partial charge in [0.25, 0.3) is 0 Å². The van der Waals surface area contributed by atoms with E-state index in [2.05, 4.69) is 12.6 Å². The molecule has 2 radical (unpaired) electrons. The molecule has 1 rings (SSSR count). The van der Waals surface area contributed by atoms with Crippen molar-refractivity contribution in [3.8, 4) is 0 Å². The Morgan fingerprint density at radius 2 is 2.00 bits per heavy atom. The molecular weight excluding hydrogens is 142 g/mol. The number of hydrogen-bond acceptors (Lipinski definition) is 2. The number of hydrogen-bond donors (Lipinski definition) is 2. The smallest absolute Gasteiger partial charge is 0.0357 e. The predicted molar refractivity (Wildman–Crippen MR) is 46.9 cm³/mol. The largest absolute Gasteiger partial charge is 0.398 e. The van der Waals surface area contributed by atoms with Crippen molar-refractivity contribution in [3.05, 3.63) is 36.8 Å². The maximum atomic E-state index is 5.59. The molecule has 1 aromatic rings. The molecule has 0 heterocycles. The van der Waals surface area contributed by atoms with Gasteiger partial charge in [-0.3, -0.25) is 0 Å². The van der Waals surface area contributed by atoms with Crippen LogP contribution in [0.2, 0.25) is 0 Å². The van der Waals surface area contributed by atoms with E-state index in [4.69, 9.17) is 12.7 Å². The Labute approximate surface area is 66.7 Å². The van der Waals surface area contributed by atoms with Gasteiger partial charge in [0, 0.05) is 10.9 Å². The average Bonchev–Trinajstić information content (AvgIpc) is 1.88. The summed E-state index contributed by atoms with van der Waals surface area (Å²) < 4.78 is 0. The van der Waals surface area contributed by atoms with Gasteiger partial charge in [-0.05, 0) is 18.6 Å². The lowest BCUT2D eigenvalue weighted by Crippen LogP contribution is -1.93. The molecule has 0 saturated heterocycles. The highest BCUT2D eigenvalue weighted by molar-refractivity contribution is 7.80. The van der Waals surface area contributed by atoms with Crippen LogP contribution in [0.15, 0.2) is 24.3 Å². The van der Waals surface area contributed by atoms with Crippen LogP contribution < -0.4 is 5.73 Å². The van der Waals surface area contributed by atoms with Crippen molar-refractivity contribution < 1.29 is 0 Å². The molecule has 1 atom stereocenters. The van der Waals surface area contributed by atoms with Crippen LogP contribution >= 0.6 is 12.6 Å². The Morgan fingerprint density at radius 1 is 1.40 bits per heavy atom. The first-order valence-corrected chi connectivity index (χ1v) is 3.51. The fourth-order valence-corrected chi connectivity index (χ4v) is 1.02. The normalized spacial score (nSPS) is 13.0. The van der Waals surface area contributed by atoms with Gasteiger partial charge in [-0.2, -0.15) is 12.6 Å². The van der Waals surface area contributed by atoms with E-state index in [0.717, 1.165) is 5.56 Å². The second-order valence-electron chi connectivity index (χ2n) is 2.07. The second kappa shape index (κ2) is 2.97. The predicted octanol–water partition coefficient (Wildman–Crippen LogP) is 1.95. The number of nitrogen functional groups attached to an aromatic ring is 1. The van der Waals surface area contributed by atoms with Crippen molar-refractivity contribution in [2.75, 3.05) is 5.73 Å². The molecule has 2 N–H and O–H groups in total. The highest BCUT2D eigenvalue weighted by atomic mass is 32.1. The lowest BCUT2D eigenvalue weighted by atomic mass is 10.1. The summed E-state index contributed by atoms with van der Waals surface area (Å²) in [4.78, 5) is 0. The highest BCUT2D eigenvalue weighted by Gasteiger charge is 2.01. The van der Waals surface area contributed by atoms with Gasteiger partial charge in [-0.25, -0.2) is 0 Å². The Morgan fingerprint density at radius 3 is 2.40 bits per heavy atom. The fraction of sp³-hybridized carbons (Fsp3) is 0.125. The van der Waals surface area contributed by atoms with Crippen LogP contribution in [0.1, 0.15) is 10.8 Å². The van der Waals surface area contributed by atoms with Gasteiger partial charge in [-0.1, -0.05) is 18.2 Å². The van der Waals surface area contributed by atoms with Crippen LogP contribution in [-0.2, 0) is 0 Å². The van der Waals surface area contributed by atoms with E-state index in [1.165, 1.54) is 0 Å². The second-order valence-corrected chi connectivity index (χ2v) is 2.63. The third-order valence-electron chi connectivity index (χ3n) is 1.31. The van der Waals surface area contributed by atoms with Gasteiger partial charge in [0.05, 0.1) is 0 Å². The van der Waals surface area contributed by atoms with Crippen molar-refractivity contribution in [2.24, 2.45) is 0 Å². The SMILES string of the molecule is [CH]C(S)c1ccccc1N. The molecule has 10 heavy (non-hydrogen) atoms. The summed E-state index contributed by atoms with van der Waals surface area (Å²) in [6.45, 7) is 5.50. The van der Waals surface area contributed by atoms with Crippen LogP contribution in [0.25, 0.3) is 0 Å². The van der Waals surface area contributed by atoms with Gasteiger partial charge < -0.3 is 5.73 Å². The molecule has 0 aliphatic heterocycles. The fourth-order valence-electron chi connectivity index (χ4n) is 0.780. The number of para-hydroxylation sites is 1. The van der Waals surface area contributed by atoms with Gasteiger partial charge in [0.2, 0.25) is 0 Å². The Balaban J connectivity index is 3.03. The number of nitrogens with two attached hydrogens (primary N) is 1. The van der Waals surface area contributed by atoms with E-state index in [0.29, 0.717) is 5.69 Å². The molecule has 52 valence electrons. The zero-order valence-corrected chi connectivity index (χ0v) is 6.38. The zero-order valence-electron chi connectivity index (χ0n) is 5.49. The molecule has 0 bridgehead atoms. The molecule has 0 saturated carbocycles. The lowest BCUT2D eigenvalue weighted by Gasteiger charge is -2.06. The third-order valence-corrected chi connectivity index (χ3v) is 1.59. The third kappa shape index (κ3) is 1.45. The summed E-state index contributed by atoms with van der Waals surface area (Å²) in [5, 5.41) is -0.277. The first kappa shape index (κ1) is 7.48. The lowest BCUT2D eigenvalue weighted by molar-refractivity contribution is 1.25. The van der Waals surface area contributed by atoms with Gasteiger partial charge >= 0.3 is 0 Å². The summed E-state index contributed by atoms with van der Waals surface area (Å²) in [7, 11) is 0. The molecule has 0 spiro atoms. The van der Waals surface area contributed by atoms with Crippen LogP contribution in [0.3, 0.4) is 0 Å². The summed E-state index contributed by atoms with van der Waals surface area (Å²) in [5.74, 6) is 0. The first-order valence-electron chi connectivity index (χ1n) is 3.00. The van der Waals surface area contributed by atoms with Crippen LogP contribution in [-0.4, -0.2) is 0 Å². The maximum Gasteiger partial charge on any atom is 0.0357 e. The highest BCUT2D eigenvalue weighted by Crippen LogP contribution is 2.23. The number of thiol groups is 1. The standard InChI is InChI=1S/C8H9NS/c1-6(10)7-4-2-3-5-8(7)9/h1-6,10H,9H2. The van der Waals surface area contributed by atoms with Crippen molar-refractivity contribution in [1.29, 1.82) is 0 Å². The number of anilines is 1. The van der Waals surface area contributed by atoms with Gasteiger partial charge in [0.15, 0.2) is 0 Å². The topological polar surface area (TPSA) is 26.0 Å². The molecule has 0 aliphatic rings. The summed E-state index contributed by atoms with van der Waals surface area (Å²) in [5.41, 5.74) is 7.17. The molecule has 2 heteroatoms. The van der Waals surface area contributed by atoms with E-state index in [1.54, 1.807) is 0 Å². The molecule has 1 nitrogen and oxygen atoms in total. The van der Waals surface area contributed by atoms with Gasteiger partial charge in [0.1, 0.15) is 0 Å². The molecule has 0 aromatic heterocycles. The average molecular weight is 151 g/mol. The zero-order chi connectivity index (χ0) is 7.56. The van der Waals surface area contributed by atoms with Crippen LogP contribution in [0.4, 0.5) is 5.69 Å². The molecule has 0 aliphatic carbocycles. The Bertz CT molecular complexity index is 220.